The third kappa shape index (κ3) is 0.949. The Morgan fingerprint density at radius 2 is 2.36 bits per heavy atom. The van der Waals surface area contributed by atoms with Crippen molar-refractivity contribution in [2.75, 3.05) is 11.1 Å². The monoisotopic (exact) mass is 213 g/mol. The molecule has 2 heterocycles. The molecule has 0 unspecified atom stereocenters. The summed E-state index contributed by atoms with van der Waals surface area (Å²) in [6.07, 6.45) is 1.55. The molecule has 1 aromatic heterocycles. The quantitative estimate of drug-likeness (QED) is 0.606. The summed E-state index contributed by atoms with van der Waals surface area (Å²) < 4.78 is 0.637. The predicted octanol–water partition coefficient (Wildman–Crippen LogP) is 0.242. The number of rotatable bonds is 0. The Labute approximate surface area is 70.9 Å². The summed E-state index contributed by atoms with van der Waals surface area (Å²) in [6, 6.07) is 0. The predicted molar refractivity (Wildman–Crippen MR) is 45.6 cm³/mol. The molecule has 1 aromatic rings. The molecule has 0 aliphatic carbocycles. The van der Waals surface area contributed by atoms with Crippen LogP contribution in [-0.4, -0.2) is 16.3 Å². The molecule has 0 amide bonds. The average molecular weight is 214 g/mol. The van der Waals surface area contributed by atoms with Crippen molar-refractivity contribution in [2.24, 2.45) is 0 Å². The first kappa shape index (κ1) is 6.53. The lowest BCUT2D eigenvalue weighted by molar-refractivity contribution is 1.14. The van der Waals surface area contributed by atoms with Crippen LogP contribution in [0, 0.1) is 0 Å². The van der Waals surface area contributed by atoms with Crippen molar-refractivity contribution in [2.45, 2.75) is 0 Å². The molecular formula is C5H4BrN5+. The van der Waals surface area contributed by atoms with Crippen molar-refractivity contribution in [1.82, 2.24) is 15.0 Å². The molecular weight excluding hydrogens is 210 g/mol. The molecule has 0 atom stereocenters. The molecule has 0 spiro atoms. The molecule has 55 valence electrons. The summed E-state index contributed by atoms with van der Waals surface area (Å²) in [5.41, 5.74) is 6.14. The number of nitrogen functional groups attached to an aromatic ring is 1. The second kappa shape index (κ2) is 2.16. The number of fused-ring (bicyclic) bond motifs is 1. The lowest BCUT2D eigenvalue weighted by Gasteiger charge is -1.92. The van der Waals surface area contributed by atoms with Crippen molar-refractivity contribution in [1.29, 1.82) is 0 Å². The Bertz CT molecular complexity index is 334. The standard InChI is InChI=1S/C5H4BrN5/c6-3-2-4(9-1-8-2)11-5(7)10-3/h1,8H,(H2,7,10,11)/q+1. The van der Waals surface area contributed by atoms with Crippen LogP contribution in [0.2, 0.25) is 0 Å². The van der Waals surface area contributed by atoms with Gasteiger partial charge >= 0.3 is 5.82 Å². The Hall–Kier alpha value is -1.17. The second-order valence-corrected chi connectivity index (χ2v) is 2.72. The number of nitrogens with one attached hydrogen (secondary N) is 1. The summed E-state index contributed by atoms with van der Waals surface area (Å²) in [6.45, 7) is 0. The maximum atomic E-state index is 5.38. The molecule has 1 aliphatic rings. The molecule has 1 aliphatic heterocycles. The Morgan fingerprint density at radius 1 is 1.55 bits per heavy atom. The number of aromatic nitrogens is 2. The van der Waals surface area contributed by atoms with E-state index >= 15 is 0 Å². The van der Waals surface area contributed by atoms with Gasteiger partial charge in [-0.2, -0.15) is 4.98 Å². The van der Waals surface area contributed by atoms with Crippen molar-refractivity contribution < 1.29 is 0 Å². The molecule has 1 radical (unpaired) electrons. The van der Waals surface area contributed by atoms with E-state index in [1.54, 1.807) is 6.34 Å². The van der Waals surface area contributed by atoms with E-state index in [0.29, 0.717) is 10.4 Å². The van der Waals surface area contributed by atoms with Gasteiger partial charge in [0.15, 0.2) is 4.60 Å². The first-order valence-electron chi connectivity index (χ1n) is 2.89. The highest BCUT2D eigenvalue weighted by atomic mass is 79.9. The maximum Gasteiger partial charge on any atom is 0.342 e. The van der Waals surface area contributed by atoms with Crippen LogP contribution in [0.15, 0.2) is 4.60 Å². The van der Waals surface area contributed by atoms with E-state index in [-0.39, 0.29) is 5.95 Å². The van der Waals surface area contributed by atoms with Gasteiger partial charge < -0.3 is 5.73 Å². The van der Waals surface area contributed by atoms with Crippen LogP contribution in [0.5, 0.6) is 0 Å². The fraction of sp³-hybridized carbons (Fsp3) is 0. The number of hydrogen-bond acceptors (Lipinski definition) is 5. The maximum absolute atomic E-state index is 5.38. The van der Waals surface area contributed by atoms with E-state index < -0.39 is 0 Å². The van der Waals surface area contributed by atoms with Gasteiger partial charge in [-0.25, -0.2) is 0 Å². The Balaban J connectivity index is 2.66. The van der Waals surface area contributed by atoms with Crippen molar-refractivity contribution in [3.63, 3.8) is 0 Å². The van der Waals surface area contributed by atoms with Gasteiger partial charge in [-0.3, -0.25) is 5.32 Å². The molecule has 6 heteroatoms. The van der Waals surface area contributed by atoms with E-state index in [4.69, 9.17) is 5.73 Å². The van der Waals surface area contributed by atoms with E-state index in [0.717, 1.165) is 5.69 Å². The fourth-order valence-electron chi connectivity index (χ4n) is 0.814. The first-order valence-corrected chi connectivity index (χ1v) is 3.69. The van der Waals surface area contributed by atoms with Gasteiger partial charge in [0.1, 0.15) is 0 Å². The van der Waals surface area contributed by atoms with Crippen LogP contribution in [0.3, 0.4) is 0 Å². The van der Waals surface area contributed by atoms with Crippen molar-refractivity contribution in [3.8, 4) is 0 Å². The van der Waals surface area contributed by atoms with E-state index in [1.807, 2.05) is 0 Å². The van der Waals surface area contributed by atoms with Crippen molar-refractivity contribution >= 4 is 39.7 Å². The van der Waals surface area contributed by atoms with Gasteiger partial charge in [0.2, 0.25) is 12.0 Å². The van der Waals surface area contributed by atoms with Crippen LogP contribution in [0.4, 0.5) is 17.5 Å². The fourth-order valence-corrected chi connectivity index (χ4v) is 1.29. The molecule has 11 heavy (non-hydrogen) atoms. The molecule has 0 bridgehead atoms. The molecule has 0 saturated heterocycles. The second-order valence-electron chi connectivity index (χ2n) is 1.97. The van der Waals surface area contributed by atoms with Crippen molar-refractivity contribution in [3.05, 3.63) is 4.60 Å². The van der Waals surface area contributed by atoms with E-state index in [1.165, 1.54) is 0 Å². The Kier molecular flexibility index (Phi) is 1.28. The van der Waals surface area contributed by atoms with Gasteiger partial charge in [0.25, 0.3) is 5.95 Å². The lowest BCUT2D eigenvalue weighted by atomic mass is 10.5. The number of halogens is 1. The minimum absolute atomic E-state index is 0.219. The highest BCUT2D eigenvalue weighted by Gasteiger charge is 2.22. The van der Waals surface area contributed by atoms with E-state index in [9.17, 15) is 0 Å². The zero-order valence-electron chi connectivity index (χ0n) is 5.37. The summed E-state index contributed by atoms with van der Waals surface area (Å²) in [7, 11) is 0. The molecule has 5 nitrogen and oxygen atoms in total. The van der Waals surface area contributed by atoms with Crippen LogP contribution < -0.4 is 16.0 Å². The molecule has 3 N–H and O–H groups in total. The van der Waals surface area contributed by atoms with E-state index in [2.05, 4.69) is 36.2 Å². The number of aliphatic imine (C=N–C) groups is 1. The number of nitrogens with two attached hydrogens (primary N) is 1. The third-order valence-corrected chi connectivity index (χ3v) is 1.83. The number of anilines is 2. The first-order chi connectivity index (χ1) is 5.27. The van der Waals surface area contributed by atoms with Crippen LogP contribution in [-0.2, 0) is 0 Å². The van der Waals surface area contributed by atoms with Gasteiger partial charge in [-0.1, -0.05) is 9.98 Å². The summed E-state index contributed by atoms with van der Waals surface area (Å²) in [4.78, 5) is 11.7. The number of nitrogens with zero attached hydrogens (tertiary/aromatic N) is 3. The molecule has 0 saturated carbocycles. The topological polar surface area (TPSA) is 77.9 Å². The van der Waals surface area contributed by atoms with Crippen LogP contribution in [0.25, 0.3) is 0 Å². The van der Waals surface area contributed by atoms with Gasteiger partial charge in [-0.15, -0.1) is 0 Å². The van der Waals surface area contributed by atoms with Gasteiger partial charge in [0.05, 0.1) is 0 Å². The van der Waals surface area contributed by atoms with Gasteiger partial charge in [-0.05, 0) is 15.9 Å². The van der Waals surface area contributed by atoms with Crippen LogP contribution >= 0.6 is 15.9 Å². The average Bonchev–Trinajstić information content (AvgIpc) is 2.34. The minimum Gasteiger partial charge on any atom is -0.354 e. The summed E-state index contributed by atoms with van der Waals surface area (Å²) >= 11 is 3.22. The summed E-state index contributed by atoms with van der Waals surface area (Å²) in [5.74, 6) is 0.792. The third-order valence-electron chi connectivity index (χ3n) is 1.26. The largest absolute Gasteiger partial charge is 0.354 e. The highest BCUT2D eigenvalue weighted by molar-refractivity contribution is 9.10. The lowest BCUT2D eigenvalue weighted by Crippen LogP contribution is -1.97. The Morgan fingerprint density at radius 3 is 3.18 bits per heavy atom. The zero-order valence-corrected chi connectivity index (χ0v) is 6.96. The minimum atomic E-state index is 0.219. The molecule has 2 rings (SSSR count). The smallest absolute Gasteiger partial charge is 0.342 e. The van der Waals surface area contributed by atoms with Crippen LogP contribution in [0.1, 0.15) is 0 Å². The SMILES string of the molecule is Nc1nc(Br)c2c(n1)[N+]=CN2. The zero-order chi connectivity index (χ0) is 7.84. The molecule has 0 fully saturated rings. The molecule has 0 aromatic carbocycles. The normalized spacial score (nSPS) is 12.8. The highest BCUT2D eigenvalue weighted by Crippen LogP contribution is 2.28. The summed E-state index contributed by atoms with van der Waals surface area (Å²) in [5, 5.41) is 2.88. The number of hydrogen-bond donors (Lipinski definition) is 2. The van der Waals surface area contributed by atoms with Gasteiger partial charge in [0, 0.05) is 0 Å².